The lowest BCUT2D eigenvalue weighted by Crippen LogP contribution is -2.71. The molecule has 2 aliphatic rings. The van der Waals surface area contributed by atoms with E-state index in [1.54, 1.807) is 12.4 Å². The minimum atomic E-state index is -1.22. The number of hydrogen-bond acceptors (Lipinski definition) is 10. The smallest absolute Gasteiger partial charge is 0.352 e. The maximum absolute atomic E-state index is 12.8. The second kappa shape index (κ2) is 8.84. The Morgan fingerprint density at radius 3 is 2.88 bits per heavy atom. The van der Waals surface area contributed by atoms with Crippen LogP contribution in [0.3, 0.4) is 0 Å². The van der Waals surface area contributed by atoms with E-state index in [1.165, 1.54) is 16.7 Å². The van der Waals surface area contributed by atoms with Crippen molar-refractivity contribution in [3.8, 4) is 0 Å². The summed E-state index contributed by atoms with van der Waals surface area (Å²) in [5.74, 6) is -2.49. The van der Waals surface area contributed by atoms with Gasteiger partial charge < -0.3 is 21.4 Å². The molecule has 0 unspecified atom stereocenters. The van der Waals surface area contributed by atoms with Gasteiger partial charge in [-0.25, -0.2) is 4.79 Å². The van der Waals surface area contributed by atoms with Crippen LogP contribution in [0.1, 0.15) is 5.82 Å². The van der Waals surface area contributed by atoms with Crippen LogP contribution < -0.4 is 15.6 Å². The van der Waals surface area contributed by atoms with Crippen LogP contribution in [-0.2, 0) is 20.9 Å². The largest absolute Gasteiger partial charge is 0.477 e. The molecule has 4 rings (SSSR count). The molecule has 32 heavy (non-hydrogen) atoms. The number of fused-ring (bicyclic) bond motifs is 1. The van der Waals surface area contributed by atoms with Crippen molar-refractivity contribution in [1.29, 1.82) is 0 Å². The number of carboxylic acids is 1. The molecule has 1 saturated heterocycles. The number of β-lactam (4-membered cyclic amide) rings is 1. The number of aliphatic carboxylic acids is 1. The molecule has 0 aromatic carbocycles. The van der Waals surface area contributed by atoms with Gasteiger partial charge in [0.05, 0.1) is 4.47 Å². The lowest BCUT2D eigenvalue weighted by molar-refractivity contribution is -0.689. The summed E-state index contributed by atoms with van der Waals surface area (Å²) in [5, 5.41) is 23.8. The first kappa shape index (κ1) is 22.2. The molecule has 0 radical (unpaired) electrons. The predicted molar refractivity (Wildman–Crippen MR) is 117 cm³/mol. The van der Waals surface area contributed by atoms with Gasteiger partial charge in [0.25, 0.3) is 11.8 Å². The third kappa shape index (κ3) is 4.05. The Bertz CT molecular complexity index is 1180. The summed E-state index contributed by atoms with van der Waals surface area (Å²) < 4.78 is 6.45. The minimum Gasteiger partial charge on any atom is -0.477 e. The van der Waals surface area contributed by atoms with E-state index in [2.05, 4.69) is 35.8 Å². The summed E-state index contributed by atoms with van der Waals surface area (Å²) in [7, 11) is 0. The molecular weight excluding hydrogens is 526 g/mol. The number of carboxylic acid groups (broad SMARTS) is 1. The van der Waals surface area contributed by atoms with Crippen LogP contribution in [0.4, 0.5) is 5.13 Å². The Labute approximate surface area is 197 Å². The normalized spacial score (nSPS) is 20.6. The summed E-state index contributed by atoms with van der Waals surface area (Å²) in [5.41, 5.74) is 5.47. The van der Waals surface area contributed by atoms with Gasteiger partial charge in [-0.1, -0.05) is 5.16 Å². The quantitative estimate of drug-likeness (QED) is 0.127. The molecule has 2 aliphatic heterocycles. The van der Waals surface area contributed by atoms with Crippen molar-refractivity contribution < 1.29 is 29.3 Å². The Morgan fingerprint density at radius 1 is 1.47 bits per heavy atom. The first-order valence-corrected chi connectivity index (χ1v) is 11.6. The average Bonchev–Trinajstić information content (AvgIpc) is 3.17. The number of nitrogens with zero attached hydrogens (tertiary/aromatic N) is 5. The van der Waals surface area contributed by atoms with Crippen molar-refractivity contribution >= 4 is 67.9 Å². The fraction of sp³-hybridized carbons (Fsp3) is 0.235. The van der Waals surface area contributed by atoms with Crippen LogP contribution in [0, 0.1) is 0 Å². The zero-order chi connectivity index (χ0) is 23.0. The first-order chi connectivity index (χ1) is 15.3. The highest BCUT2D eigenvalue weighted by Crippen LogP contribution is 2.40. The van der Waals surface area contributed by atoms with Gasteiger partial charge in [-0.05, 0) is 22.0 Å². The van der Waals surface area contributed by atoms with Crippen LogP contribution in [0.15, 0.2) is 45.4 Å². The third-order valence-corrected chi connectivity index (χ3v) is 7.05. The van der Waals surface area contributed by atoms with E-state index < -0.39 is 34.9 Å². The number of nitrogens with one attached hydrogen (secondary N) is 1. The SMILES string of the molecule is Nc1nc(/C(=N/O)C(=O)N[C@@H]2C(=O)N3C(C(=O)O)=C(C[n+]4cccc(Br)c4)CS[C@H]23)ns1. The van der Waals surface area contributed by atoms with E-state index in [4.69, 9.17) is 5.73 Å². The van der Waals surface area contributed by atoms with Gasteiger partial charge in [0.1, 0.15) is 17.1 Å². The molecule has 2 aromatic rings. The van der Waals surface area contributed by atoms with E-state index in [9.17, 15) is 24.7 Å². The summed E-state index contributed by atoms with van der Waals surface area (Å²) in [6.45, 7) is 0.292. The van der Waals surface area contributed by atoms with Gasteiger partial charge in [-0.15, -0.1) is 11.8 Å². The number of carbonyl (C=O) groups excluding carboxylic acids is 2. The molecule has 2 amide bonds. The Balaban J connectivity index is 1.53. The lowest BCUT2D eigenvalue weighted by atomic mass is 10.0. The molecule has 1 fully saturated rings. The fourth-order valence-corrected chi connectivity index (χ4v) is 5.53. The van der Waals surface area contributed by atoms with Gasteiger partial charge in [0.15, 0.2) is 24.1 Å². The highest BCUT2D eigenvalue weighted by atomic mass is 79.9. The highest BCUT2D eigenvalue weighted by molar-refractivity contribution is 9.10. The molecule has 5 N–H and O–H groups in total. The second-order valence-corrected chi connectivity index (χ2v) is 9.52. The van der Waals surface area contributed by atoms with E-state index in [1.807, 2.05) is 16.7 Å². The molecule has 0 bridgehead atoms. The monoisotopic (exact) mass is 540 g/mol. The standard InChI is InChI=1S/C17H14BrN7O5S2/c18-8-2-1-3-24(5-8)4-7-6-31-15-10(14(27)25(15)11(7)16(28)29)20-13(26)9(22-30)12-21-17(19)32-23-12/h1-3,5,10,15H,4,6H2,(H4-,19,20,21,23,26,28,29,30)/p+1/t10-,15-/m1/s1. The molecule has 2 atom stereocenters. The van der Waals surface area contributed by atoms with Crippen LogP contribution in [0.25, 0.3) is 0 Å². The predicted octanol–water partition coefficient (Wildman–Crippen LogP) is -0.213. The van der Waals surface area contributed by atoms with Crippen molar-refractivity contribution in [3.05, 3.63) is 46.1 Å². The Morgan fingerprint density at radius 2 is 2.25 bits per heavy atom. The number of anilines is 1. The van der Waals surface area contributed by atoms with Crippen LogP contribution in [0.2, 0.25) is 0 Å². The molecule has 166 valence electrons. The number of rotatable bonds is 6. The number of hydrogen-bond donors (Lipinski definition) is 4. The molecule has 4 heterocycles. The van der Waals surface area contributed by atoms with Gasteiger partial charge in [-0.2, -0.15) is 13.9 Å². The van der Waals surface area contributed by atoms with Crippen LogP contribution in [0.5, 0.6) is 0 Å². The molecule has 0 saturated carbocycles. The fourth-order valence-electron chi connectivity index (χ4n) is 3.35. The first-order valence-electron chi connectivity index (χ1n) is 8.97. The van der Waals surface area contributed by atoms with E-state index in [0.29, 0.717) is 17.9 Å². The number of thioether (sulfide) groups is 1. The van der Waals surface area contributed by atoms with E-state index >= 15 is 0 Å². The van der Waals surface area contributed by atoms with Crippen molar-refractivity contribution in [2.75, 3.05) is 11.5 Å². The molecule has 2 aromatic heterocycles. The van der Waals surface area contributed by atoms with Gasteiger partial charge in [0, 0.05) is 28.9 Å². The summed E-state index contributed by atoms with van der Waals surface area (Å²) >= 11 is 5.52. The van der Waals surface area contributed by atoms with Gasteiger partial charge in [-0.3, -0.25) is 14.5 Å². The summed E-state index contributed by atoms with van der Waals surface area (Å²) in [6.07, 6.45) is 3.60. The average molecular weight is 541 g/mol. The maximum atomic E-state index is 12.8. The van der Waals surface area contributed by atoms with Gasteiger partial charge in [0.2, 0.25) is 11.5 Å². The van der Waals surface area contributed by atoms with Crippen LogP contribution in [-0.4, -0.2) is 65.2 Å². The third-order valence-electron chi connectivity index (χ3n) is 4.70. The number of oxime groups is 1. The molecule has 0 aliphatic carbocycles. The van der Waals surface area contributed by atoms with Crippen molar-refractivity contribution in [3.63, 3.8) is 0 Å². The molecule has 15 heteroatoms. The number of nitrogen functional groups attached to an aromatic ring is 1. The van der Waals surface area contributed by atoms with E-state index in [0.717, 1.165) is 16.0 Å². The lowest BCUT2D eigenvalue weighted by Gasteiger charge is -2.49. The summed E-state index contributed by atoms with van der Waals surface area (Å²) in [4.78, 5) is 42.3. The van der Waals surface area contributed by atoms with Crippen LogP contribution >= 0.6 is 39.2 Å². The maximum Gasteiger partial charge on any atom is 0.352 e. The highest BCUT2D eigenvalue weighted by Gasteiger charge is 2.54. The number of aromatic nitrogens is 3. The topological polar surface area (TPSA) is 175 Å². The van der Waals surface area contributed by atoms with Gasteiger partial charge >= 0.3 is 5.97 Å². The zero-order valence-corrected chi connectivity index (χ0v) is 19.2. The summed E-state index contributed by atoms with van der Waals surface area (Å²) in [6, 6.07) is 2.67. The van der Waals surface area contributed by atoms with E-state index in [-0.39, 0.29) is 16.7 Å². The number of pyridine rings is 1. The van der Waals surface area contributed by atoms with Crippen molar-refractivity contribution in [1.82, 2.24) is 19.6 Å². The Hall–Kier alpha value is -3.04. The molecule has 0 spiro atoms. The minimum absolute atomic E-state index is 0.0785. The van der Waals surface area contributed by atoms with Crippen molar-refractivity contribution in [2.45, 2.75) is 18.0 Å². The van der Waals surface area contributed by atoms with Crippen molar-refractivity contribution in [2.24, 2.45) is 5.16 Å². The molecular formula is C17H15BrN7O5S2+. The second-order valence-electron chi connectivity index (χ2n) is 6.72. The number of amides is 2. The number of nitrogens with two attached hydrogens (primary N) is 1. The molecule has 12 nitrogen and oxygen atoms in total. The number of halogens is 1. The number of carbonyl (C=O) groups is 3. The Kier molecular flexibility index (Phi) is 6.12. The zero-order valence-electron chi connectivity index (χ0n) is 16.0.